The van der Waals surface area contributed by atoms with Gasteiger partial charge in [0.25, 0.3) is 0 Å². The maximum absolute atomic E-state index is 6.82. The predicted molar refractivity (Wildman–Crippen MR) is 86.4 cm³/mol. The highest BCUT2D eigenvalue weighted by Crippen LogP contribution is 2.59. The van der Waals surface area contributed by atoms with Crippen molar-refractivity contribution in [1.82, 2.24) is 0 Å². The molecule has 1 unspecified atom stereocenters. The number of halogens is 1. The summed E-state index contributed by atoms with van der Waals surface area (Å²) in [6, 6.07) is 19.6. The Bertz CT molecular complexity index is 552. The maximum atomic E-state index is 6.82. The molecule has 3 rings (SSSR count). The first-order valence-corrected chi connectivity index (χ1v) is 7.98. The number of benzene rings is 2. The highest BCUT2D eigenvalue weighted by molar-refractivity contribution is 6.22. The summed E-state index contributed by atoms with van der Waals surface area (Å²) in [6.45, 7) is 2.22. The van der Waals surface area contributed by atoms with Crippen molar-refractivity contribution in [2.45, 2.75) is 43.4 Å². The number of hydrogen-bond donors (Lipinski definition) is 0. The van der Waals surface area contributed by atoms with E-state index >= 15 is 0 Å². The van der Waals surface area contributed by atoms with E-state index in [9.17, 15) is 0 Å². The smallest absolute Gasteiger partial charge is 0.0681 e. The summed E-state index contributed by atoms with van der Waals surface area (Å²) in [4.78, 5) is 0. The van der Waals surface area contributed by atoms with E-state index < -0.39 is 0 Å². The molecule has 0 saturated heterocycles. The molecule has 1 heteroatoms. The Morgan fingerprint density at radius 3 is 2.20 bits per heavy atom. The second kappa shape index (κ2) is 5.61. The largest absolute Gasteiger partial charge is 0.117 e. The Labute approximate surface area is 126 Å². The summed E-state index contributed by atoms with van der Waals surface area (Å²) in [6.07, 6.45) is 4.73. The first-order valence-electron chi connectivity index (χ1n) is 7.55. The standard InChI is InChI=1S/C19H21Cl/c1-2-6-15-9-11-16(12-10-15)18(20)19(13-14-19)17-7-4-3-5-8-17/h3-5,7-12,18H,2,6,13-14H2,1H3. The SMILES string of the molecule is CCCc1ccc(C(Cl)C2(c3ccccc3)CC2)cc1. The predicted octanol–water partition coefficient (Wildman–Crippen LogP) is 5.65. The third kappa shape index (κ3) is 2.50. The van der Waals surface area contributed by atoms with Crippen LogP contribution in [0.2, 0.25) is 0 Å². The second-order valence-electron chi connectivity index (χ2n) is 5.88. The van der Waals surface area contributed by atoms with E-state index in [1.807, 2.05) is 0 Å². The molecular formula is C19H21Cl. The van der Waals surface area contributed by atoms with Crippen LogP contribution in [0.5, 0.6) is 0 Å². The van der Waals surface area contributed by atoms with Crippen molar-refractivity contribution in [3.63, 3.8) is 0 Å². The summed E-state index contributed by atoms with van der Waals surface area (Å²) < 4.78 is 0. The number of alkyl halides is 1. The van der Waals surface area contributed by atoms with Crippen LogP contribution in [-0.4, -0.2) is 0 Å². The molecule has 104 valence electrons. The van der Waals surface area contributed by atoms with Crippen molar-refractivity contribution in [2.24, 2.45) is 0 Å². The Hall–Kier alpha value is -1.27. The van der Waals surface area contributed by atoms with Crippen molar-refractivity contribution in [1.29, 1.82) is 0 Å². The zero-order valence-corrected chi connectivity index (χ0v) is 12.7. The van der Waals surface area contributed by atoms with Gasteiger partial charge in [0.2, 0.25) is 0 Å². The highest BCUT2D eigenvalue weighted by Gasteiger charge is 2.50. The van der Waals surface area contributed by atoms with Gasteiger partial charge in [0.1, 0.15) is 0 Å². The average Bonchev–Trinajstić information content (AvgIpc) is 3.30. The van der Waals surface area contributed by atoms with E-state index in [1.54, 1.807) is 0 Å². The molecule has 0 aliphatic heterocycles. The number of aryl methyl sites for hydroxylation is 1. The molecule has 1 saturated carbocycles. The van der Waals surface area contributed by atoms with Crippen LogP contribution in [0.1, 0.15) is 48.3 Å². The van der Waals surface area contributed by atoms with Crippen LogP contribution in [0.25, 0.3) is 0 Å². The van der Waals surface area contributed by atoms with Gasteiger partial charge in [-0.3, -0.25) is 0 Å². The summed E-state index contributed by atoms with van der Waals surface area (Å²) in [5.41, 5.74) is 4.21. The summed E-state index contributed by atoms with van der Waals surface area (Å²) in [5.74, 6) is 0. The van der Waals surface area contributed by atoms with Gasteiger partial charge in [0.05, 0.1) is 5.38 Å². The lowest BCUT2D eigenvalue weighted by Gasteiger charge is -2.22. The number of hydrogen-bond acceptors (Lipinski definition) is 0. The Morgan fingerprint density at radius 1 is 1.00 bits per heavy atom. The molecule has 0 aromatic heterocycles. The van der Waals surface area contributed by atoms with Gasteiger partial charge in [-0.1, -0.05) is 67.9 Å². The molecule has 0 heterocycles. The van der Waals surface area contributed by atoms with Crippen LogP contribution in [0.4, 0.5) is 0 Å². The van der Waals surface area contributed by atoms with E-state index in [0.717, 1.165) is 6.42 Å². The molecular weight excluding hydrogens is 264 g/mol. The second-order valence-corrected chi connectivity index (χ2v) is 6.31. The zero-order valence-electron chi connectivity index (χ0n) is 12.0. The first kappa shape index (κ1) is 13.7. The van der Waals surface area contributed by atoms with Crippen molar-refractivity contribution in [3.8, 4) is 0 Å². The molecule has 0 amide bonds. The molecule has 1 atom stereocenters. The van der Waals surface area contributed by atoms with Crippen molar-refractivity contribution >= 4 is 11.6 Å². The molecule has 0 spiro atoms. The van der Waals surface area contributed by atoms with E-state index in [0.29, 0.717) is 0 Å². The van der Waals surface area contributed by atoms with Crippen molar-refractivity contribution < 1.29 is 0 Å². The molecule has 1 aliphatic rings. The van der Waals surface area contributed by atoms with Gasteiger partial charge >= 0.3 is 0 Å². The summed E-state index contributed by atoms with van der Waals surface area (Å²) in [5, 5.41) is 0.0839. The fourth-order valence-electron chi connectivity index (χ4n) is 3.05. The molecule has 2 aromatic rings. The normalized spacial score (nSPS) is 17.7. The van der Waals surface area contributed by atoms with Crippen LogP contribution in [-0.2, 0) is 11.8 Å². The molecule has 0 radical (unpaired) electrons. The highest BCUT2D eigenvalue weighted by atomic mass is 35.5. The third-order valence-corrected chi connectivity index (χ3v) is 5.10. The average molecular weight is 285 g/mol. The van der Waals surface area contributed by atoms with Gasteiger partial charge < -0.3 is 0 Å². The fraction of sp³-hybridized carbons (Fsp3) is 0.368. The lowest BCUT2D eigenvalue weighted by Crippen LogP contribution is -2.14. The van der Waals surface area contributed by atoms with Crippen LogP contribution in [0, 0.1) is 0 Å². The van der Waals surface area contributed by atoms with Gasteiger partial charge in [0, 0.05) is 5.41 Å². The van der Waals surface area contributed by atoms with Crippen LogP contribution < -0.4 is 0 Å². The minimum atomic E-state index is 0.0839. The number of rotatable bonds is 5. The molecule has 20 heavy (non-hydrogen) atoms. The minimum Gasteiger partial charge on any atom is -0.117 e. The molecule has 0 nitrogen and oxygen atoms in total. The molecule has 1 fully saturated rings. The van der Waals surface area contributed by atoms with Crippen molar-refractivity contribution in [3.05, 3.63) is 71.3 Å². The van der Waals surface area contributed by atoms with Gasteiger partial charge in [-0.15, -0.1) is 11.6 Å². The lowest BCUT2D eigenvalue weighted by atomic mass is 9.88. The van der Waals surface area contributed by atoms with Gasteiger partial charge in [-0.25, -0.2) is 0 Å². The maximum Gasteiger partial charge on any atom is 0.0681 e. The Balaban J connectivity index is 1.83. The van der Waals surface area contributed by atoms with Gasteiger partial charge in [-0.05, 0) is 36.0 Å². The zero-order chi connectivity index (χ0) is 14.0. The van der Waals surface area contributed by atoms with E-state index in [2.05, 4.69) is 61.5 Å². The summed E-state index contributed by atoms with van der Waals surface area (Å²) >= 11 is 6.82. The van der Waals surface area contributed by atoms with Gasteiger partial charge in [-0.2, -0.15) is 0 Å². The molecule has 0 bridgehead atoms. The molecule has 0 N–H and O–H groups in total. The minimum absolute atomic E-state index is 0.0839. The quantitative estimate of drug-likeness (QED) is 0.622. The van der Waals surface area contributed by atoms with Crippen LogP contribution >= 0.6 is 11.6 Å². The topological polar surface area (TPSA) is 0 Å². The van der Waals surface area contributed by atoms with Crippen molar-refractivity contribution in [2.75, 3.05) is 0 Å². The summed E-state index contributed by atoms with van der Waals surface area (Å²) in [7, 11) is 0. The van der Waals surface area contributed by atoms with E-state index in [1.165, 1.54) is 36.0 Å². The Kier molecular flexibility index (Phi) is 3.85. The third-order valence-electron chi connectivity index (χ3n) is 4.43. The van der Waals surface area contributed by atoms with Crippen LogP contribution in [0.3, 0.4) is 0 Å². The molecule has 1 aliphatic carbocycles. The fourth-order valence-corrected chi connectivity index (χ4v) is 3.54. The molecule has 2 aromatic carbocycles. The first-order chi connectivity index (χ1) is 9.76. The van der Waals surface area contributed by atoms with E-state index in [-0.39, 0.29) is 10.8 Å². The van der Waals surface area contributed by atoms with E-state index in [4.69, 9.17) is 11.6 Å². The lowest BCUT2D eigenvalue weighted by molar-refractivity contribution is 0.662. The van der Waals surface area contributed by atoms with Crippen LogP contribution in [0.15, 0.2) is 54.6 Å². The monoisotopic (exact) mass is 284 g/mol. The Morgan fingerprint density at radius 2 is 1.65 bits per heavy atom. The van der Waals surface area contributed by atoms with Gasteiger partial charge in [0.15, 0.2) is 0 Å².